The zero-order valence-electron chi connectivity index (χ0n) is 10.5. The SMILES string of the molecule is CCCNC(=O)C(=O)c1ccc(CCC)cc1. The third-order valence-electron chi connectivity index (χ3n) is 2.50. The smallest absolute Gasteiger partial charge is 0.292 e. The molecule has 0 aliphatic heterocycles. The second kappa shape index (κ2) is 6.84. The van der Waals surface area contributed by atoms with E-state index >= 15 is 0 Å². The monoisotopic (exact) mass is 233 g/mol. The second-order valence-corrected chi connectivity index (χ2v) is 4.03. The third kappa shape index (κ3) is 4.02. The molecule has 0 radical (unpaired) electrons. The summed E-state index contributed by atoms with van der Waals surface area (Å²) in [6, 6.07) is 7.26. The Kier molecular flexibility index (Phi) is 5.40. The summed E-state index contributed by atoms with van der Waals surface area (Å²) in [6.07, 6.45) is 2.90. The standard InChI is InChI=1S/C14H19NO2/c1-3-5-11-6-8-12(9-7-11)13(16)14(17)15-10-4-2/h6-9H,3-5,10H2,1-2H3,(H,15,17). The normalized spacial score (nSPS) is 10.0. The molecule has 0 unspecified atom stereocenters. The van der Waals surface area contributed by atoms with Crippen molar-refractivity contribution in [3.63, 3.8) is 0 Å². The molecule has 1 aromatic rings. The van der Waals surface area contributed by atoms with Gasteiger partial charge in [-0.25, -0.2) is 0 Å². The van der Waals surface area contributed by atoms with Gasteiger partial charge < -0.3 is 5.32 Å². The number of rotatable bonds is 6. The van der Waals surface area contributed by atoms with Crippen molar-refractivity contribution in [2.75, 3.05) is 6.54 Å². The first kappa shape index (κ1) is 13.4. The van der Waals surface area contributed by atoms with Gasteiger partial charge in [0, 0.05) is 12.1 Å². The molecule has 0 aromatic heterocycles. The maximum Gasteiger partial charge on any atom is 0.292 e. The Morgan fingerprint density at radius 1 is 1.06 bits per heavy atom. The van der Waals surface area contributed by atoms with E-state index in [1.807, 2.05) is 19.1 Å². The van der Waals surface area contributed by atoms with Gasteiger partial charge in [0.25, 0.3) is 5.91 Å². The number of amides is 1. The van der Waals surface area contributed by atoms with Gasteiger partial charge in [0.15, 0.2) is 0 Å². The van der Waals surface area contributed by atoms with E-state index in [1.165, 1.54) is 5.56 Å². The summed E-state index contributed by atoms with van der Waals surface area (Å²) < 4.78 is 0. The first-order valence-corrected chi connectivity index (χ1v) is 6.10. The fourth-order valence-electron chi connectivity index (χ4n) is 1.56. The van der Waals surface area contributed by atoms with Gasteiger partial charge in [0.05, 0.1) is 0 Å². The lowest BCUT2D eigenvalue weighted by Crippen LogP contribution is -2.31. The first-order valence-electron chi connectivity index (χ1n) is 6.10. The van der Waals surface area contributed by atoms with Gasteiger partial charge in [-0.05, 0) is 18.4 Å². The lowest BCUT2D eigenvalue weighted by Gasteiger charge is -2.03. The average Bonchev–Trinajstić information content (AvgIpc) is 2.36. The molecule has 0 fully saturated rings. The quantitative estimate of drug-likeness (QED) is 0.605. The van der Waals surface area contributed by atoms with E-state index in [4.69, 9.17) is 0 Å². The van der Waals surface area contributed by atoms with Gasteiger partial charge in [0.1, 0.15) is 0 Å². The van der Waals surface area contributed by atoms with Crippen LogP contribution in [0.1, 0.15) is 42.6 Å². The van der Waals surface area contributed by atoms with Gasteiger partial charge in [-0.1, -0.05) is 44.5 Å². The van der Waals surface area contributed by atoms with Crippen LogP contribution in [0.4, 0.5) is 0 Å². The second-order valence-electron chi connectivity index (χ2n) is 4.03. The summed E-state index contributed by atoms with van der Waals surface area (Å²) in [5.41, 5.74) is 1.65. The van der Waals surface area contributed by atoms with E-state index in [-0.39, 0.29) is 0 Å². The zero-order valence-corrected chi connectivity index (χ0v) is 10.5. The highest BCUT2D eigenvalue weighted by atomic mass is 16.2. The summed E-state index contributed by atoms with van der Waals surface area (Å²) in [5.74, 6) is -0.975. The van der Waals surface area contributed by atoms with Crippen molar-refractivity contribution in [3.8, 4) is 0 Å². The van der Waals surface area contributed by atoms with Crippen molar-refractivity contribution in [3.05, 3.63) is 35.4 Å². The number of ketones is 1. The first-order chi connectivity index (χ1) is 8.19. The Morgan fingerprint density at radius 2 is 1.71 bits per heavy atom. The number of aryl methyl sites for hydroxylation is 1. The van der Waals surface area contributed by atoms with E-state index in [9.17, 15) is 9.59 Å². The van der Waals surface area contributed by atoms with E-state index in [0.29, 0.717) is 12.1 Å². The number of carbonyl (C=O) groups is 2. The van der Waals surface area contributed by atoms with Crippen molar-refractivity contribution < 1.29 is 9.59 Å². The van der Waals surface area contributed by atoms with E-state index in [0.717, 1.165) is 19.3 Å². The molecule has 0 aliphatic carbocycles. The molecule has 1 rings (SSSR count). The fraction of sp³-hybridized carbons (Fsp3) is 0.429. The van der Waals surface area contributed by atoms with E-state index in [2.05, 4.69) is 12.2 Å². The number of benzene rings is 1. The van der Waals surface area contributed by atoms with Crippen LogP contribution in [0, 0.1) is 0 Å². The Balaban J connectivity index is 2.66. The molecule has 92 valence electrons. The molecule has 1 amide bonds. The number of nitrogens with one attached hydrogen (secondary N) is 1. The highest BCUT2D eigenvalue weighted by Crippen LogP contribution is 2.07. The van der Waals surface area contributed by atoms with Gasteiger partial charge in [-0.15, -0.1) is 0 Å². The highest BCUT2D eigenvalue weighted by Gasteiger charge is 2.14. The molecule has 0 spiro atoms. The van der Waals surface area contributed by atoms with Crippen molar-refractivity contribution in [2.45, 2.75) is 33.1 Å². The summed E-state index contributed by atoms with van der Waals surface area (Å²) >= 11 is 0. The van der Waals surface area contributed by atoms with Gasteiger partial charge in [-0.2, -0.15) is 0 Å². The predicted octanol–water partition coefficient (Wildman–Crippen LogP) is 2.35. The summed E-state index contributed by atoms with van der Waals surface area (Å²) in [7, 11) is 0. The molecule has 3 nitrogen and oxygen atoms in total. The summed E-state index contributed by atoms with van der Waals surface area (Å²) in [6.45, 7) is 4.60. The van der Waals surface area contributed by atoms with Crippen LogP contribution in [-0.4, -0.2) is 18.2 Å². The Hall–Kier alpha value is -1.64. The maximum atomic E-state index is 11.7. The van der Waals surface area contributed by atoms with Crippen LogP contribution >= 0.6 is 0 Å². The van der Waals surface area contributed by atoms with Crippen LogP contribution < -0.4 is 5.32 Å². The van der Waals surface area contributed by atoms with E-state index < -0.39 is 11.7 Å². The molecule has 1 N–H and O–H groups in total. The van der Waals surface area contributed by atoms with Crippen LogP contribution in [0.15, 0.2) is 24.3 Å². The average molecular weight is 233 g/mol. The molecule has 0 saturated carbocycles. The molecule has 0 atom stereocenters. The molecule has 1 aromatic carbocycles. The lowest BCUT2D eigenvalue weighted by atomic mass is 10.1. The largest absolute Gasteiger partial charge is 0.349 e. The van der Waals surface area contributed by atoms with Crippen molar-refractivity contribution in [1.82, 2.24) is 5.32 Å². The van der Waals surface area contributed by atoms with Crippen LogP contribution in [0.25, 0.3) is 0 Å². The van der Waals surface area contributed by atoms with Gasteiger partial charge >= 0.3 is 0 Å². The molecule has 17 heavy (non-hydrogen) atoms. The minimum Gasteiger partial charge on any atom is -0.349 e. The fourth-order valence-corrected chi connectivity index (χ4v) is 1.56. The molecule has 0 bridgehead atoms. The van der Waals surface area contributed by atoms with Crippen LogP contribution in [0.3, 0.4) is 0 Å². The van der Waals surface area contributed by atoms with Crippen molar-refractivity contribution in [1.29, 1.82) is 0 Å². The topological polar surface area (TPSA) is 46.2 Å². The summed E-state index contributed by atoms with van der Waals surface area (Å²) in [4.78, 5) is 23.2. The molecular formula is C14H19NO2. The molecule has 3 heteroatoms. The Morgan fingerprint density at radius 3 is 2.24 bits per heavy atom. The number of hydrogen-bond acceptors (Lipinski definition) is 2. The predicted molar refractivity (Wildman–Crippen MR) is 68.1 cm³/mol. The Bertz CT molecular complexity index is 382. The number of Topliss-reactive ketones (excluding diaryl/α,β-unsaturated/α-hetero) is 1. The molecule has 0 heterocycles. The van der Waals surface area contributed by atoms with Crippen molar-refractivity contribution >= 4 is 11.7 Å². The van der Waals surface area contributed by atoms with Crippen LogP contribution in [0.2, 0.25) is 0 Å². The highest BCUT2D eigenvalue weighted by molar-refractivity contribution is 6.42. The Labute approximate surface area is 102 Å². The summed E-state index contributed by atoms with van der Waals surface area (Å²) in [5, 5.41) is 2.58. The molecular weight excluding hydrogens is 214 g/mol. The van der Waals surface area contributed by atoms with E-state index in [1.54, 1.807) is 12.1 Å². The lowest BCUT2D eigenvalue weighted by molar-refractivity contribution is -0.116. The molecule has 0 saturated heterocycles. The van der Waals surface area contributed by atoms with Gasteiger partial charge in [-0.3, -0.25) is 9.59 Å². The number of hydrogen-bond donors (Lipinski definition) is 1. The third-order valence-corrected chi connectivity index (χ3v) is 2.50. The molecule has 0 aliphatic rings. The minimum absolute atomic E-state index is 0.457. The van der Waals surface area contributed by atoms with Crippen LogP contribution in [-0.2, 0) is 11.2 Å². The minimum atomic E-state index is -0.518. The van der Waals surface area contributed by atoms with Crippen LogP contribution in [0.5, 0.6) is 0 Å². The number of carbonyl (C=O) groups excluding carboxylic acids is 2. The zero-order chi connectivity index (χ0) is 12.7. The maximum absolute atomic E-state index is 11.7. The van der Waals surface area contributed by atoms with Crippen molar-refractivity contribution in [2.24, 2.45) is 0 Å². The van der Waals surface area contributed by atoms with Gasteiger partial charge in [0.2, 0.25) is 5.78 Å².